The van der Waals surface area contributed by atoms with E-state index < -0.39 is 0 Å². The molecule has 1 aromatic rings. The maximum atomic E-state index is 5.50. The molecule has 2 heterocycles. The monoisotopic (exact) mass is 304 g/mol. The standard InChI is InChI=1S/C17H28N4O/c1-13(17-18-16(19-22-17)15-6-7-15)21-10-8-20(9-11-21)12-14-4-2-3-5-14/h13-15H,2-12H2,1H3/t13-/m0/s1. The lowest BCUT2D eigenvalue weighted by molar-refractivity contribution is 0.0797. The quantitative estimate of drug-likeness (QED) is 0.837. The molecule has 4 rings (SSSR count). The van der Waals surface area contributed by atoms with Gasteiger partial charge in [0.2, 0.25) is 5.89 Å². The molecule has 0 spiro atoms. The smallest absolute Gasteiger partial charge is 0.243 e. The number of rotatable bonds is 5. The van der Waals surface area contributed by atoms with Crippen molar-refractivity contribution in [2.45, 2.75) is 57.4 Å². The molecule has 1 aliphatic heterocycles. The van der Waals surface area contributed by atoms with Gasteiger partial charge >= 0.3 is 0 Å². The molecule has 2 saturated carbocycles. The SMILES string of the molecule is C[C@@H](c1nc(C2CC2)no1)N1CCN(CC2CCCC2)CC1. The van der Waals surface area contributed by atoms with E-state index in [9.17, 15) is 0 Å². The molecular formula is C17H28N4O. The Morgan fingerprint density at radius 2 is 1.82 bits per heavy atom. The second-order valence-electron chi connectivity index (χ2n) is 7.43. The number of aromatic nitrogens is 2. The summed E-state index contributed by atoms with van der Waals surface area (Å²) >= 11 is 0. The molecule has 1 atom stereocenters. The van der Waals surface area contributed by atoms with Crippen molar-refractivity contribution >= 4 is 0 Å². The first kappa shape index (κ1) is 14.6. The minimum Gasteiger partial charge on any atom is -0.338 e. The lowest BCUT2D eigenvalue weighted by Crippen LogP contribution is -2.48. The zero-order chi connectivity index (χ0) is 14.9. The Balaban J connectivity index is 1.28. The largest absolute Gasteiger partial charge is 0.338 e. The van der Waals surface area contributed by atoms with Gasteiger partial charge in [-0.3, -0.25) is 4.90 Å². The van der Waals surface area contributed by atoms with Crippen LogP contribution in [-0.2, 0) is 0 Å². The van der Waals surface area contributed by atoms with Gasteiger partial charge in [0.05, 0.1) is 6.04 Å². The van der Waals surface area contributed by atoms with E-state index in [0.717, 1.165) is 30.7 Å². The average molecular weight is 304 g/mol. The van der Waals surface area contributed by atoms with Crippen molar-refractivity contribution in [3.63, 3.8) is 0 Å². The topological polar surface area (TPSA) is 45.4 Å². The molecule has 1 saturated heterocycles. The van der Waals surface area contributed by atoms with E-state index in [2.05, 4.69) is 26.9 Å². The Morgan fingerprint density at radius 3 is 2.50 bits per heavy atom. The van der Waals surface area contributed by atoms with Gasteiger partial charge in [-0.2, -0.15) is 4.98 Å². The lowest BCUT2D eigenvalue weighted by Gasteiger charge is -2.37. The first-order valence-electron chi connectivity index (χ1n) is 9.09. The van der Waals surface area contributed by atoms with Crippen LogP contribution < -0.4 is 0 Å². The van der Waals surface area contributed by atoms with Crippen molar-refractivity contribution in [1.82, 2.24) is 19.9 Å². The van der Waals surface area contributed by atoms with Gasteiger partial charge < -0.3 is 9.42 Å². The first-order valence-corrected chi connectivity index (χ1v) is 9.09. The van der Waals surface area contributed by atoms with Crippen LogP contribution in [0.3, 0.4) is 0 Å². The maximum Gasteiger partial charge on any atom is 0.243 e. The molecule has 0 amide bonds. The summed E-state index contributed by atoms with van der Waals surface area (Å²) in [6.07, 6.45) is 8.25. The zero-order valence-corrected chi connectivity index (χ0v) is 13.7. The van der Waals surface area contributed by atoms with E-state index in [-0.39, 0.29) is 6.04 Å². The van der Waals surface area contributed by atoms with Crippen LogP contribution in [0.2, 0.25) is 0 Å². The molecule has 0 unspecified atom stereocenters. The molecule has 5 nitrogen and oxygen atoms in total. The van der Waals surface area contributed by atoms with E-state index in [1.54, 1.807) is 0 Å². The van der Waals surface area contributed by atoms with Crippen LogP contribution in [-0.4, -0.2) is 52.7 Å². The fraction of sp³-hybridized carbons (Fsp3) is 0.882. The fourth-order valence-electron chi connectivity index (χ4n) is 3.97. The minimum atomic E-state index is 0.258. The number of nitrogens with zero attached hydrogens (tertiary/aromatic N) is 4. The van der Waals surface area contributed by atoms with E-state index in [0.29, 0.717) is 5.92 Å². The van der Waals surface area contributed by atoms with Crippen molar-refractivity contribution < 1.29 is 4.52 Å². The molecule has 0 radical (unpaired) electrons. The second-order valence-corrected chi connectivity index (χ2v) is 7.43. The number of hydrogen-bond acceptors (Lipinski definition) is 5. The van der Waals surface area contributed by atoms with Crippen LogP contribution in [0, 0.1) is 5.92 Å². The molecule has 3 aliphatic rings. The molecule has 22 heavy (non-hydrogen) atoms. The summed E-state index contributed by atoms with van der Waals surface area (Å²) in [6, 6.07) is 0.258. The average Bonchev–Trinajstić information content (AvgIpc) is 3.06. The van der Waals surface area contributed by atoms with Crippen LogP contribution in [0.25, 0.3) is 0 Å². The van der Waals surface area contributed by atoms with Gasteiger partial charge in [-0.15, -0.1) is 0 Å². The van der Waals surface area contributed by atoms with Crippen molar-refractivity contribution in [3.8, 4) is 0 Å². The normalized spacial score (nSPS) is 26.6. The van der Waals surface area contributed by atoms with Gasteiger partial charge in [-0.1, -0.05) is 18.0 Å². The molecule has 0 bridgehead atoms. The van der Waals surface area contributed by atoms with E-state index >= 15 is 0 Å². The van der Waals surface area contributed by atoms with E-state index in [4.69, 9.17) is 4.52 Å². The highest BCUT2D eigenvalue weighted by Crippen LogP contribution is 2.38. The molecule has 3 fully saturated rings. The van der Waals surface area contributed by atoms with Crippen molar-refractivity contribution in [3.05, 3.63) is 11.7 Å². The minimum absolute atomic E-state index is 0.258. The van der Waals surface area contributed by atoms with Gasteiger partial charge in [0.15, 0.2) is 5.82 Å². The summed E-state index contributed by atoms with van der Waals surface area (Å²) in [4.78, 5) is 9.77. The Hall–Kier alpha value is -0.940. The van der Waals surface area contributed by atoms with E-state index in [1.165, 1.54) is 58.2 Å². The molecule has 1 aromatic heterocycles. The fourth-order valence-corrected chi connectivity index (χ4v) is 3.97. The third-order valence-corrected chi connectivity index (χ3v) is 5.70. The summed E-state index contributed by atoms with van der Waals surface area (Å²) in [6.45, 7) is 8.13. The molecule has 0 N–H and O–H groups in total. The van der Waals surface area contributed by atoms with Gasteiger partial charge in [0.1, 0.15) is 0 Å². The van der Waals surface area contributed by atoms with Gasteiger partial charge in [-0.25, -0.2) is 0 Å². The van der Waals surface area contributed by atoms with Crippen LogP contribution in [0.15, 0.2) is 4.52 Å². The number of hydrogen-bond donors (Lipinski definition) is 0. The van der Waals surface area contributed by atoms with Gasteiger partial charge in [0.25, 0.3) is 0 Å². The third kappa shape index (κ3) is 3.20. The molecule has 122 valence electrons. The Labute approximate surface area is 133 Å². The zero-order valence-electron chi connectivity index (χ0n) is 13.7. The van der Waals surface area contributed by atoms with Crippen molar-refractivity contribution in [1.29, 1.82) is 0 Å². The first-order chi connectivity index (χ1) is 10.8. The van der Waals surface area contributed by atoms with Crippen LogP contribution in [0.5, 0.6) is 0 Å². The highest BCUT2D eigenvalue weighted by atomic mass is 16.5. The lowest BCUT2D eigenvalue weighted by atomic mass is 10.1. The molecular weight excluding hydrogens is 276 g/mol. The van der Waals surface area contributed by atoms with Crippen LogP contribution in [0.4, 0.5) is 0 Å². The second kappa shape index (κ2) is 6.28. The molecule has 2 aliphatic carbocycles. The summed E-state index contributed by atoms with van der Waals surface area (Å²) in [5, 5.41) is 4.15. The predicted molar refractivity (Wildman–Crippen MR) is 84.7 cm³/mol. The molecule has 0 aromatic carbocycles. The van der Waals surface area contributed by atoms with Crippen molar-refractivity contribution in [2.75, 3.05) is 32.7 Å². The maximum absolute atomic E-state index is 5.50. The van der Waals surface area contributed by atoms with E-state index in [1.807, 2.05) is 0 Å². The highest BCUT2D eigenvalue weighted by molar-refractivity contribution is 5.04. The van der Waals surface area contributed by atoms with Crippen molar-refractivity contribution in [2.24, 2.45) is 5.92 Å². The number of piperazine rings is 1. The Kier molecular flexibility index (Phi) is 4.18. The Bertz CT molecular complexity index is 485. The predicted octanol–water partition coefficient (Wildman–Crippen LogP) is 2.82. The summed E-state index contributed by atoms with van der Waals surface area (Å²) in [5.41, 5.74) is 0. The Morgan fingerprint density at radius 1 is 1.09 bits per heavy atom. The van der Waals surface area contributed by atoms with Gasteiger partial charge in [0, 0.05) is 38.6 Å². The third-order valence-electron chi connectivity index (χ3n) is 5.70. The highest BCUT2D eigenvalue weighted by Gasteiger charge is 2.31. The van der Waals surface area contributed by atoms with Crippen LogP contribution in [0.1, 0.15) is 69.1 Å². The molecule has 5 heteroatoms. The summed E-state index contributed by atoms with van der Waals surface area (Å²) in [5.74, 6) is 3.28. The van der Waals surface area contributed by atoms with Gasteiger partial charge in [-0.05, 0) is 38.5 Å². The summed E-state index contributed by atoms with van der Waals surface area (Å²) < 4.78 is 5.50. The summed E-state index contributed by atoms with van der Waals surface area (Å²) in [7, 11) is 0. The van der Waals surface area contributed by atoms with Crippen LogP contribution >= 0.6 is 0 Å².